The number of fused-ring (bicyclic) bond motifs is 6. The molecule has 0 spiro atoms. The van der Waals surface area contributed by atoms with Gasteiger partial charge in [0.15, 0.2) is 0 Å². The summed E-state index contributed by atoms with van der Waals surface area (Å²) in [5, 5.41) is 0. The number of benzene rings is 6. The van der Waals surface area contributed by atoms with Gasteiger partial charge in [-0.1, -0.05) is 222 Å². The SMILES string of the molecule is CCCCCCCCC1(C)c2cc(C(C)(C)C(C)(C)c3ccc(N(c4ccc(C(C)CC)cc4)c4ccc(C(C)(C)C)cc4)cc3)ccc2-c2cc3c(cc21)-c1ccc(C(C)(C)C)cc1C3(C)C. The predicted octanol–water partition coefficient (Wildman–Crippen LogP) is 19.9. The highest BCUT2D eigenvalue weighted by Gasteiger charge is 2.46. The highest BCUT2D eigenvalue weighted by atomic mass is 15.1. The van der Waals surface area contributed by atoms with Crippen LogP contribution in [0.2, 0.25) is 0 Å². The van der Waals surface area contributed by atoms with Gasteiger partial charge in [-0.05, 0) is 161 Å². The Kier molecular flexibility index (Phi) is 13.2. The van der Waals surface area contributed by atoms with E-state index in [1.165, 1.54) is 134 Å². The summed E-state index contributed by atoms with van der Waals surface area (Å²) in [7, 11) is 0. The molecule has 0 amide bonds. The third kappa shape index (κ3) is 8.73. The molecule has 1 nitrogen and oxygen atoms in total. The highest BCUT2D eigenvalue weighted by molar-refractivity contribution is 5.90. The first-order chi connectivity index (χ1) is 31.9. The summed E-state index contributed by atoms with van der Waals surface area (Å²) >= 11 is 0. The molecule has 2 atom stereocenters. The maximum Gasteiger partial charge on any atom is 0.0461 e. The molecule has 358 valence electrons. The summed E-state index contributed by atoms with van der Waals surface area (Å²) < 4.78 is 0. The molecule has 8 rings (SSSR count). The van der Waals surface area contributed by atoms with Gasteiger partial charge < -0.3 is 4.90 Å². The second-order valence-electron chi connectivity index (χ2n) is 25.0. The number of hydrogen-bond acceptors (Lipinski definition) is 1. The Morgan fingerprint density at radius 1 is 0.426 bits per heavy atom. The summed E-state index contributed by atoms with van der Waals surface area (Å²) in [5.74, 6) is 0.539. The molecule has 0 fully saturated rings. The molecule has 0 bridgehead atoms. The Morgan fingerprint density at radius 2 is 0.838 bits per heavy atom. The van der Waals surface area contributed by atoms with Gasteiger partial charge in [-0.15, -0.1) is 0 Å². The van der Waals surface area contributed by atoms with Crippen LogP contribution < -0.4 is 4.90 Å². The van der Waals surface area contributed by atoms with Gasteiger partial charge in [0.2, 0.25) is 0 Å². The van der Waals surface area contributed by atoms with Crippen molar-refractivity contribution in [3.05, 3.63) is 171 Å². The summed E-state index contributed by atoms with van der Waals surface area (Å²) in [4.78, 5) is 2.43. The molecular weight excluding hydrogens is 819 g/mol. The summed E-state index contributed by atoms with van der Waals surface area (Å²) in [5.41, 5.74) is 22.0. The van der Waals surface area contributed by atoms with E-state index in [9.17, 15) is 0 Å². The smallest absolute Gasteiger partial charge is 0.0461 e. The molecule has 6 aromatic carbocycles. The number of unbranched alkanes of at least 4 members (excludes halogenated alkanes) is 5. The molecule has 1 heteroatoms. The molecule has 2 aliphatic rings. The number of anilines is 3. The van der Waals surface area contributed by atoms with Crippen LogP contribution in [0.3, 0.4) is 0 Å². The Morgan fingerprint density at radius 3 is 1.40 bits per heavy atom. The van der Waals surface area contributed by atoms with Crippen LogP contribution in [0.4, 0.5) is 17.1 Å². The molecule has 68 heavy (non-hydrogen) atoms. The van der Waals surface area contributed by atoms with Gasteiger partial charge >= 0.3 is 0 Å². The van der Waals surface area contributed by atoms with Crippen molar-refractivity contribution in [3.8, 4) is 22.3 Å². The van der Waals surface area contributed by atoms with Crippen molar-refractivity contribution in [2.24, 2.45) is 0 Å². The highest BCUT2D eigenvalue weighted by Crippen LogP contribution is 2.59. The minimum atomic E-state index is -0.168. The maximum atomic E-state index is 2.65. The zero-order chi connectivity index (χ0) is 49.2. The van der Waals surface area contributed by atoms with E-state index in [1.807, 2.05) is 0 Å². The Hall–Kier alpha value is -4.88. The summed E-state index contributed by atoms with van der Waals surface area (Å²) in [6.45, 7) is 38.2. The van der Waals surface area contributed by atoms with Crippen molar-refractivity contribution >= 4 is 17.1 Å². The lowest BCUT2D eigenvalue weighted by atomic mass is 9.60. The quantitative estimate of drug-likeness (QED) is 0.0928. The second-order valence-corrected chi connectivity index (χ2v) is 25.0. The van der Waals surface area contributed by atoms with Crippen molar-refractivity contribution in [1.82, 2.24) is 0 Å². The van der Waals surface area contributed by atoms with Crippen molar-refractivity contribution in [2.75, 3.05) is 4.90 Å². The van der Waals surface area contributed by atoms with Gasteiger partial charge in [-0.3, -0.25) is 0 Å². The van der Waals surface area contributed by atoms with Crippen LogP contribution in [-0.4, -0.2) is 0 Å². The van der Waals surface area contributed by atoms with E-state index in [0.29, 0.717) is 5.92 Å². The van der Waals surface area contributed by atoms with Gasteiger partial charge in [0.05, 0.1) is 0 Å². The van der Waals surface area contributed by atoms with E-state index in [4.69, 9.17) is 0 Å². The van der Waals surface area contributed by atoms with Crippen LogP contribution in [0.5, 0.6) is 0 Å². The van der Waals surface area contributed by atoms with Crippen LogP contribution in [0.15, 0.2) is 121 Å². The molecule has 0 N–H and O–H groups in total. The minimum absolute atomic E-state index is 0.0627. The van der Waals surface area contributed by atoms with Gasteiger partial charge in [0.1, 0.15) is 0 Å². The third-order valence-corrected chi connectivity index (χ3v) is 17.7. The lowest BCUT2D eigenvalue weighted by molar-refractivity contribution is 0.302. The van der Waals surface area contributed by atoms with E-state index < -0.39 is 0 Å². The van der Waals surface area contributed by atoms with E-state index in [2.05, 4.69) is 237 Å². The maximum absolute atomic E-state index is 2.65. The van der Waals surface area contributed by atoms with Crippen molar-refractivity contribution < 1.29 is 0 Å². The lowest BCUT2D eigenvalue weighted by Crippen LogP contribution is -2.40. The Balaban J connectivity index is 1.16. The van der Waals surface area contributed by atoms with Gasteiger partial charge in [0, 0.05) is 27.9 Å². The van der Waals surface area contributed by atoms with Crippen molar-refractivity contribution in [2.45, 2.75) is 201 Å². The van der Waals surface area contributed by atoms with Crippen LogP contribution >= 0.6 is 0 Å². The van der Waals surface area contributed by atoms with E-state index in [0.717, 1.165) is 6.42 Å². The van der Waals surface area contributed by atoms with Crippen LogP contribution in [0, 0.1) is 0 Å². The third-order valence-electron chi connectivity index (χ3n) is 17.7. The van der Waals surface area contributed by atoms with Gasteiger partial charge in [-0.25, -0.2) is 0 Å². The molecule has 2 aliphatic carbocycles. The summed E-state index contributed by atoms with van der Waals surface area (Å²) in [6.07, 6.45) is 10.2. The zero-order valence-corrected chi connectivity index (χ0v) is 45.2. The topological polar surface area (TPSA) is 3.24 Å². The second kappa shape index (κ2) is 18.1. The number of rotatable bonds is 15. The number of hydrogen-bond donors (Lipinski definition) is 0. The van der Waals surface area contributed by atoms with E-state index in [1.54, 1.807) is 0 Å². The molecular formula is C67H85N. The molecule has 6 aromatic rings. The summed E-state index contributed by atoms with van der Waals surface area (Å²) in [6, 6.07) is 48.2. The monoisotopic (exact) mass is 904 g/mol. The first kappa shape index (κ1) is 49.5. The van der Waals surface area contributed by atoms with Gasteiger partial charge in [-0.2, -0.15) is 0 Å². The van der Waals surface area contributed by atoms with E-state index >= 15 is 0 Å². The number of nitrogens with zero attached hydrogens (tertiary/aromatic N) is 1. The normalized spacial score (nSPS) is 16.8. The fourth-order valence-corrected chi connectivity index (χ4v) is 11.7. The molecule has 0 heterocycles. The van der Waals surface area contributed by atoms with Crippen molar-refractivity contribution in [1.29, 1.82) is 0 Å². The van der Waals surface area contributed by atoms with Crippen molar-refractivity contribution in [3.63, 3.8) is 0 Å². The van der Waals surface area contributed by atoms with Crippen LogP contribution in [0.1, 0.15) is 218 Å². The standard InChI is InChI=1S/C67H85N/c1-17-19-20-21-22-23-40-67(16)60-42-50(31-39-55(60)57-43-59-56(44-61(57)67)54-38-30-49(63(7,8)9)41-58(54)64(59,10)11)66(14,15)65(12,13)48-28-36-53(37-29-48)68(51-32-24-46(25-33-51)45(3)18-2)52-34-26-47(27-35-52)62(4,5)6/h24-39,41-45H,17-23,40H2,1-16H3. The molecule has 2 unspecified atom stereocenters. The molecule has 0 radical (unpaired) electrons. The molecule has 0 aliphatic heterocycles. The fourth-order valence-electron chi connectivity index (χ4n) is 11.7. The fraction of sp³-hybridized carbons (Fsp3) is 0.463. The van der Waals surface area contributed by atoms with E-state index in [-0.39, 0.29) is 32.5 Å². The molecule has 0 aromatic heterocycles. The zero-order valence-electron chi connectivity index (χ0n) is 45.2. The lowest BCUT2D eigenvalue weighted by Gasteiger charge is -2.43. The molecule has 0 saturated heterocycles. The minimum Gasteiger partial charge on any atom is -0.311 e. The predicted molar refractivity (Wildman–Crippen MR) is 297 cm³/mol. The van der Waals surface area contributed by atoms with Gasteiger partial charge in [0.25, 0.3) is 0 Å². The largest absolute Gasteiger partial charge is 0.311 e. The Bertz CT molecular complexity index is 2740. The first-order valence-electron chi connectivity index (χ1n) is 26.6. The van der Waals surface area contributed by atoms with Crippen LogP contribution in [0.25, 0.3) is 22.3 Å². The Labute approximate surface area is 414 Å². The average Bonchev–Trinajstić information content (AvgIpc) is 3.68. The first-order valence-corrected chi connectivity index (χ1v) is 26.6. The van der Waals surface area contributed by atoms with Crippen LogP contribution in [-0.2, 0) is 32.5 Å². The average molecular weight is 904 g/mol. The molecule has 0 saturated carbocycles.